The molecule has 3 nitrogen and oxygen atoms in total. The standard InChI is InChI=1S/C12H15BrN2O/c1-15-8-9(4-3-5-16-2)11-6-10(13)7-14-12(11)15/h6-8H,3-5H2,1-2H3. The predicted octanol–water partition coefficient (Wildman–Crippen LogP) is 2.91. The van der Waals surface area contributed by atoms with E-state index in [1.54, 1.807) is 7.11 Å². The molecule has 4 heteroatoms. The van der Waals surface area contributed by atoms with Gasteiger partial charge in [0.25, 0.3) is 0 Å². The molecule has 0 radical (unpaired) electrons. The molecule has 0 bridgehead atoms. The summed E-state index contributed by atoms with van der Waals surface area (Å²) < 4.78 is 8.17. The fraction of sp³-hybridized carbons (Fsp3) is 0.417. The van der Waals surface area contributed by atoms with Crippen LogP contribution in [0.4, 0.5) is 0 Å². The molecule has 2 heterocycles. The third kappa shape index (κ3) is 2.28. The molecule has 0 aliphatic rings. The third-order valence-electron chi connectivity index (χ3n) is 2.66. The van der Waals surface area contributed by atoms with Gasteiger partial charge < -0.3 is 9.30 Å². The molecule has 86 valence electrons. The van der Waals surface area contributed by atoms with Crippen molar-refractivity contribution >= 4 is 27.0 Å². The number of hydrogen-bond donors (Lipinski definition) is 0. The van der Waals surface area contributed by atoms with E-state index in [-0.39, 0.29) is 0 Å². The van der Waals surface area contributed by atoms with E-state index in [1.165, 1.54) is 10.9 Å². The Morgan fingerprint density at radius 1 is 1.50 bits per heavy atom. The van der Waals surface area contributed by atoms with Crippen LogP contribution in [0.25, 0.3) is 11.0 Å². The van der Waals surface area contributed by atoms with Gasteiger partial charge in [-0.25, -0.2) is 4.98 Å². The van der Waals surface area contributed by atoms with Crippen molar-refractivity contribution in [2.75, 3.05) is 13.7 Å². The highest BCUT2D eigenvalue weighted by molar-refractivity contribution is 9.10. The lowest BCUT2D eigenvalue weighted by molar-refractivity contribution is 0.195. The highest BCUT2D eigenvalue weighted by Gasteiger charge is 2.07. The Hall–Kier alpha value is -0.870. The molecule has 0 saturated carbocycles. The van der Waals surface area contributed by atoms with Gasteiger partial charge in [0.15, 0.2) is 0 Å². The van der Waals surface area contributed by atoms with Gasteiger partial charge >= 0.3 is 0 Å². The zero-order valence-electron chi connectivity index (χ0n) is 9.53. The van der Waals surface area contributed by atoms with Gasteiger partial charge in [-0.3, -0.25) is 0 Å². The van der Waals surface area contributed by atoms with Crippen molar-refractivity contribution in [3.63, 3.8) is 0 Å². The summed E-state index contributed by atoms with van der Waals surface area (Å²) in [5, 5.41) is 1.23. The summed E-state index contributed by atoms with van der Waals surface area (Å²) in [6.45, 7) is 0.803. The van der Waals surface area contributed by atoms with Crippen LogP contribution in [-0.2, 0) is 18.2 Å². The summed E-state index contributed by atoms with van der Waals surface area (Å²) in [5.74, 6) is 0. The third-order valence-corrected chi connectivity index (χ3v) is 3.09. The molecule has 0 aliphatic carbocycles. The molecule has 2 rings (SSSR count). The first-order valence-electron chi connectivity index (χ1n) is 5.30. The molecule has 0 aliphatic heterocycles. The second-order valence-corrected chi connectivity index (χ2v) is 4.80. The molecule has 0 atom stereocenters. The van der Waals surface area contributed by atoms with Crippen molar-refractivity contribution < 1.29 is 4.74 Å². The Bertz CT molecular complexity index is 493. The zero-order chi connectivity index (χ0) is 11.5. The number of halogens is 1. The molecule has 16 heavy (non-hydrogen) atoms. The quantitative estimate of drug-likeness (QED) is 0.807. The van der Waals surface area contributed by atoms with Crippen molar-refractivity contribution in [3.8, 4) is 0 Å². The molecule has 0 aromatic carbocycles. The van der Waals surface area contributed by atoms with Gasteiger partial charge in [0.2, 0.25) is 0 Å². The second kappa shape index (κ2) is 4.97. The van der Waals surface area contributed by atoms with Crippen LogP contribution >= 0.6 is 15.9 Å². The Balaban J connectivity index is 2.33. The van der Waals surface area contributed by atoms with Crippen LogP contribution in [0.3, 0.4) is 0 Å². The van der Waals surface area contributed by atoms with Crippen LogP contribution < -0.4 is 0 Å². The molecule has 2 aromatic rings. The highest BCUT2D eigenvalue weighted by Crippen LogP contribution is 2.23. The van der Waals surface area contributed by atoms with Gasteiger partial charge in [-0.05, 0) is 40.4 Å². The highest BCUT2D eigenvalue weighted by atomic mass is 79.9. The SMILES string of the molecule is COCCCc1cn(C)c2ncc(Br)cc12. The van der Waals surface area contributed by atoms with E-state index < -0.39 is 0 Å². The number of pyridine rings is 1. The van der Waals surface area contributed by atoms with Crippen LogP contribution in [0.5, 0.6) is 0 Å². The smallest absolute Gasteiger partial charge is 0.139 e. The van der Waals surface area contributed by atoms with Gasteiger partial charge in [-0.2, -0.15) is 0 Å². The summed E-state index contributed by atoms with van der Waals surface area (Å²) in [7, 11) is 3.77. The average molecular weight is 283 g/mol. The largest absolute Gasteiger partial charge is 0.385 e. The van der Waals surface area contributed by atoms with E-state index in [0.717, 1.165) is 29.6 Å². The van der Waals surface area contributed by atoms with E-state index in [4.69, 9.17) is 4.74 Å². The van der Waals surface area contributed by atoms with Crippen LogP contribution in [0, 0.1) is 0 Å². The summed E-state index contributed by atoms with van der Waals surface area (Å²) in [4.78, 5) is 4.41. The van der Waals surface area contributed by atoms with Gasteiger partial charge in [0, 0.05) is 43.0 Å². The summed E-state index contributed by atoms with van der Waals surface area (Å²) >= 11 is 3.46. The monoisotopic (exact) mass is 282 g/mol. The van der Waals surface area contributed by atoms with E-state index in [2.05, 4.69) is 37.7 Å². The Kier molecular flexibility index (Phi) is 3.61. The minimum atomic E-state index is 0.803. The first kappa shape index (κ1) is 11.6. The minimum absolute atomic E-state index is 0.803. The van der Waals surface area contributed by atoms with Crippen LogP contribution in [0.1, 0.15) is 12.0 Å². The Labute approximate surface area is 104 Å². The van der Waals surface area contributed by atoms with Gasteiger partial charge in [0.1, 0.15) is 5.65 Å². The molecule has 0 amide bonds. The van der Waals surface area contributed by atoms with Gasteiger partial charge in [0.05, 0.1) is 0 Å². The van der Waals surface area contributed by atoms with Crippen LogP contribution in [0.15, 0.2) is 22.9 Å². The number of aryl methyl sites for hydroxylation is 2. The molecular weight excluding hydrogens is 268 g/mol. The Morgan fingerprint density at radius 2 is 2.31 bits per heavy atom. The Morgan fingerprint density at radius 3 is 3.06 bits per heavy atom. The zero-order valence-corrected chi connectivity index (χ0v) is 11.1. The summed E-state index contributed by atoms with van der Waals surface area (Å²) in [6.07, 6.45) is 6.06. The molecule has 2 aromatic heterocycles. The van der Waals surface area contributed by atoms with Crippen LogP contribution in [-0.4, -0.2) is 23.3 Å². The maximum Gasteiger partial charge on any atom is 0.139 e. The van der Waals surface area contributed by atoms with E-state index in [0.29, 0.717) is 0 Å². The molecule has 0 fully saturated rings. The first-order valence-corrected chi connectivity index (χ1v) is 6.10. The number of aromatic nitrogens is 2. The number of ether oxygens (including phenoxy) is 1. The average Bonchev–Trinajstić information content (AvgIpc) is 2.56. The van der Waals surface area contributed by atoms with Crippen LogP contribution in [0.2, 0.25) is 0 Å². The number of nitrogens with zero attached hydrogens (tertiary/aromatic N) is 2. The number of fused-ring (bicyclic) bond motifs is 1. The van der Waals surface area contributed by atoms with Gasteiger partial charge in [-0.1, -0.05) is 0 Å². The second-order valence-electron chi connectivity index (χ2n) is 3.89. The fourth-order valence-electron chi connectivity index (χ4n) is 1.92. The fourth-order valence-corrected chi connectivity index (χ4v) is 2.25. The predicted molar refractivity (Wildman–Crippen MR) is 68.6 cm³/mol. The van der Waals surface area contributed by atoms with E-state index in [1.807, 2.05) is 13.2 Å². The summed E-state index contributed by atoms with van der Waals surface area (Å²) in [5.41, 5.74) is 2.37. The lowest BCUT2D eigenvalue weighted by Gasteiger charge is -1.99. The van der Waals surface area contributed by atoms with Crippen molar-refractivity contribution in [3.05, 3.63) is 28.5 Å². The first-order chi connectivity index (χ1) is 7.72. The molecule has 0 N–H and O–H groups in total. The molecular formula is C12H15BrN2O. The summed E-state index contributed by atoms with van der Waals surface area (Å²) in [6, 6.07) is 2.13. The normalized spacial score (nSPS) is 11.2. The number of hydrogen-bond acceptors (Lipinski definition) is 2. The molecule has 0 unspecified atom stereocenters. The molecule has 0 saturated heterocycles. The lowest BCUT2D eigenvalue weighted by atomic mass is 10.1. The van der Waals surface area contributed by atoms with Crippen molar-refractivity contribution in [2.45, 2.75) is 12.8 Å². The minimum Gasteiger partial charge on any atom is -0.385 e. The van der Waals surface area contributed by atoms with Crippen molar-refractivity contribution in [2.24, 2.45) is 7.05 Å². The number of methoxy groups -OCH3 is 1. The molecule has 0 spiro atoms. The van der Waals surface area contributed by atoms with E-state index in [9.17, 15) is 0 Å². The topological polar surface area (TPSA) is 27.1 Å². The lowest BCUT2D eigenvalue weighted by Crippen LogP contribution is -1.91. The van der Waals surface area contributed by atoms with Crippen molar-refractivity contribution in [1.82, 2.24) is 9.55 Å². The maximum absolute atomic E-state index is 5.07. The number of rotatable bonds is 4. The maximum atomic E-state index is 5.07. The van der Waals surface area contributed by atoms with E-state index >= 15 is 0 Å². The van der Waals surface area contributed by atoms with Gasteiger partial charge in [-0.15, -0.1) is 0 Å². The van der Waals surface area contributed by atoms with Crippen molar-refractivity contribution in [1.29, 1.82) is 0 Å².